The van der Waals surface area contributed by atoms with Gasteiger partial charge in [0, 0.05) is 32.2 Å². The quantitative estimate of drug-likeness (QED) is 0.473. The maximum atomic E-state index is 5.70. The molecule has 0 radical (unpaired) electrons. The highest BCUT2D eigenvalue weighted by Crippen LogP contribution is 2.31. The summed E-state index contributed by atoms with van der Waals surface area (Å²) >= 11 is 0. The number of ether oxygens (including phenoxy) is 3. The second kappa shape index (κ2) is 8.89. The van der Waals surface area contributed by atoms with Gasteiger partial charge in [0.2, 0.25) is 0 Å². The van der Waals surface area contributed by atoms with Gasteiger partial charge in [0.25, 0.3) is 0 Å². The number of hydrogen-bond donors (Lipinski definition) is 2. The molecule has 2 heterocycles. The Balaban J connectivity index is 1.40. The van der Waals surface area contributed by atoms with Gasteiger partial charge in [-0.25, -0.2) is 0 Å². The van der Waals surface area contributed by atoms with E-state index in [9.17, 15) is 0 Å². The van der Waals surface area contributed by atoms with Crippen molar-refractivity contribution in [2.45, 2.75) is 31.4 Å². The van der Waals surface area contributed by atoms with Crippen molar-refractivity contribution in [1.82, 2.24) is 10.6 Å². The Morgan fingerprint density at radius 3 is 3.04 bits per heavy atom. The number of rotatable bonds is 6. The third-order valence-electron chi connectivity index (χ3n) is 4.36. The maximum Gasteiger partial charge on any atom is 0.191 e. The Morgan fingerprint density at radius 1 is 1.29 bits per heavy atom. The SMILES string of the molecule is CN=C(NCCOCC1CCCO1)NC1CCOc2ccccc21. The Kier molecular flexibility index (Phi) is 6.32. The minimum atomic E-state index is 0.217. The van der Waals surface area contributed by atoms with Crippen molar-refractivity contribution >= 4 is 5.96 Å². The topological polar surface area (TPSA) is 64.1 Å². The number of nitrogens with zero attached hydrogens (tertiary/aromatic N) is 1. The lowest BCUT2D eigenvalue weighted by molar-refractivity contribution is 0.0191. The van der Waals surface area contributed by atoms with Gasteiger partial charge in [0.15, 0.2) is 5.96 Å². The maximum absolute atomic E-state index is 5.70. The summed E-state index contributed by atoms with van der Waals surface area (Å²) in [5.74, 6) is 1.74. The highest BCUT2D eigenvalue weighted by atomic mass is 16.5. The Labute approximate surface area is 143 Å². The molecule has 2 unspecified atom stereocenters. The number of nitrogens with one attached hydrogen (secondary N) is 2. The molecular weight excluding hydrogens is 306 g/mol. The van der Waals surface area contributed by atoms with Gasteiger partial charge in [-0.15, -0.1) is 0 Å². The molecule has 2 aliphatic rings. The summed E-state index contributed by atoms with van der Waals surface area (Å²) in [6.45, 7) is 3.63. The zero-order valence-electron chi connectivity index (χ0n) is 14.3. The van der Waals surface area contributed by atoms with E-state index in [0.717, 1.165) is 50.7 Å². The Hall–Kier alpha value is -1.79. The molecule has 1 aromatic carbocycles. The van der Waals surface area contributed by atoms with Gasteiger partial charge in [-0.1, -0.05) is 18.2 Å². The van der Waals surface area contributed by atoms with Crippen LogP contribution in [0, 0.1) is 0 Å². The van der Waals surface area contributed by atoms with Crippen LogP contribution in [0.15, 0.2) is 29.3 Å². The van der Waals surface area contributed by atoms with E-state index in [2.05, 4.69) is 21.7 Å². The van der Waals surface area contributed by atoms with Crippen LogP contribution < -0.4 is 15.4 Å². The first-order chi connectivity index (χ1) is 11.9. The molecule has 2 atom stereocenters. The molecule has 0 amide bonds. The van der Waals surface area contributed by atoms with Crippen molar-refractivity contribution in [3.63, 3.8) is 0 Å². The van der Waals surface area contributed by atoms with E-state index in [4.69, 9.17) is 14.2 Å². The average Bonchev–Trinajstić information content (AvgIpc) is 3.14. The van der Waals surface area contributed by atoms with Crippen molar-refractivity contribution < 1.29 is 14.2 Å². The second-order valence-electron chi connectivity index (χ2n) is 6.08. The van der Waals surface area contributed by atoms with E-state index in [1.165, 1.54) is 5.56 Å². The third kappa shape index (κ3) is 4.61. The van der Waals surface area contributed by atoms with E-state index in [1.807, 2.05) is 18.2 Å². The van der Waals surface area contributed by atoms with Crippen LogP contribution in [-0.2, 0) is 9.47 Å². The van der Waals surface area contributed by atoms with Gasteiger partial charge in [-0.2, -0.15) is 0 Å². The summed E-state index contributed by atoms with van der Waals surface area (Å²) in [5, 5.41) is 6.78. The van der Waals surface area contributed by atoms with Crippen molar-refractivity contribution in [3.05, 3.63) is 29.8 Å². The van der Waals surface area contributed by atoms with Crippen molar-refractivity contribution in [3.8, 4) is 5.75 Å². The summed E-state index contributed by atoms with van der Waals surface area (Å²) in [5.41, 5.74) is 1.18. The normalized spacial score (nSPS) is 23.5. The van der Waals surface area contributed by atoms with Crippen molar-refractivity contribution in [1.29, 1.82) is 0 Å². The highest BCUT2D eigenvalue weighted by Gasteiger charge is 2.21. The molecule has 0 spiro atoms. The van der Waals surface area contributed by atoms with Gasteiger partial charge >= 0.3 is 0 Å². The van der Waals surface area contributed by atoms with E-state index in [0.29, 0.717) is 13.2 Å². The highest BCUT2D eigenvalue weighted by molar-refractivity contribution is 5.80. The summed E-state index contributed by atoms with van der Waals surface area (Å²) in [6, 6.07) is 8.37. The largest absolute Gasteiger partial charge is 0.493 e. The molecule has 3 rings (SSSR count). The molecule has 132 valence electrons. The van der Waals surface area contributed by atoms with Crippen molar-refractivity contribution in [2.75, 3.05) is 40.0 Å². The summed E-state index contributed by atoms with van der Waals surface area (Å²) < 4.78 is 16.9. The fourth-order valence-corrected chi connectivity index (χ4v) is 3.08. The van der Waals surface area contributed by atoms with Gasteiger partial charge < -0.3 is 24.8 Å². The van der Waals surface area contributed by atoms with Crippen LogP contribution in [0.25, 0.3) is 0 Å². The van der Waals surface area contributed by atoms with Crippen LogP contribution in [-0.4, -0.2) is 52.1 Å². The summed E-state index contributed by atoms with van der Waals surface area (Å²) in [6.07, 6.45) is 3.46. The first-order valence-electron chi connectivity index (χ1n) is 8.75. The first kappa shape index (κ1) is 17.0. The van der Waals surface area contributed by atoms with E-state index in [-0.39, 0.29) is 12.1 Å². The van der Waals surface area contributed by atoms with Crippen LogP contribution >= 0.6 is 0 Å². The lowest BCUT2D eigenvalue weighted by Crippen LogP contribution is -2.42. The van der Waals surface area contributed by atoms with Crippen LogP contribution in [0.5, 0.6) is 5.75 Å². The van der Waals surface area contributed by atoms with Gasteiger partial charge in [-0.05, 0) is 18.9 Å². The number of guanidine groups is 1. The Morgan fingerprint density at radius 2 is 2.21 bits per heavy atom. The summed E-state index contributed by atoms with van der Waals surface area (Å²) in [4.78, 5) is 4.30. The molecule has 1 fully saturated rings. The lowest BCUT2D eigenvalue weighted by Gasteiger charge is -2.28. The molecule has 0 saturated carbocycles. The number of aliphatic imine (C=N–C) groups is 1. The monoisotopic (exact) mass is 333 g/mol. The standard InChI is InChI=1S/C18H27N3O3/c1-19-18(20-9-12-22-13-14-5-4-10-23-14)21-16-8-11-24-17-7-3-2-6-15(16)17/h2-3,6-7,14,16H,4-5,8-13H2,1H3,(H2,19,20,21). The van der Waals surface area contributed by atoms with Gasteiger partial charge in [-0.3, -0.25) is 4.99 Å². The molecule has 1 saturated heterocycles. The molecule has 0 aliphatic carbocycles. The molecule has 24 heavy (non-hydrogen) atoms. The fourth-order valence-electron chi connectivity index (χ4n) is 3.08. The second-order valence-corrected chi connectivity index (χ2v) is 6.08. The average molecular weight is 333 g/mol. The van der Waals surface area contributed by atoms with Crippen LogP contribution in [0.1, 0.15) is 30.9 Å². The predicted molar refractivity (Wildman–Crippen MR) is 93.6 cm³/mol. The Bertz CT molecular complexity index is 544. The number of para-hydroxylation sites is 1. The molecule has 2 N–H and O–H groups in total. The van der Waals surface area contributed by atoms with Crippen LogP contribution in [0.3, 0.4) is 0 Å². The molecule has 2 aliphatic heterocycles. The smallest absolute Gasteiger partial charge is 0.191 e. The van der Waals surface area contributed by atoms with Crippen LogP contribution in [0.4, 0.5) is 0 Å². The zero-order valence-corrected chi connectivity index (χ0v) is 14.3. The molecular formula is C18H27N3O3. The predicted octanol–water partition coefficient (Wildman–Crippen LogP) is 1.87. The lowest BCUT2D eigenvalue weighted by atomic mass is 10.0. The number of benzene rings is 1. The zero-order chi connectivity index (χ0) is 16.6. The van der Waals surface area contributed by atoms with E-state index >= 15 is 0 Å². The third-order valence-corrected chi connectivity index (χ3v) is 4.36. The van der Waals surface area contributed by atoms with E-state index in [1.54, 1.807) is 7.05 Å². The summed E-state index contributed by atoms with van der Waals surface area (Å²) in [7, 11) is 1.79. The van der Waals surface area contributed by atoms with E-state index < -0.39 is 0 Å². The van der Waals surface area contributed by atoms with Gasteiger partial charge in [0.05, 0.1) is 32.0 Å². The first-order valence-corrected chi connectivity index (χ1v) is 8.75. The van der Waals surface area contributed by atoms with Crippen molar-refractivity contribution in [2.24, 2.45) is 4.99 Å². The molecule has 0 bridgehead atoms. The molecule has 6 heteroatoms. The molecule has 0 aromatic heterocycles. The van der Waals surface area contributed by atoms with Crippen LogP contribution in [0.2, 0.25) is 0 Å². The number of hydrogen-bond acceptors (Lipinski definition) is 4. The molecule has 6 nitrogen and oxygen atoms in total. The minimum absolute atomic E-state index is 0.217. The number of fused-ring (bicyclic) bond motifs is 1. The van der Waals surface area contributed by atoms with Gasteiger partial charge in [0.1, 0.15) is 5.75 Å². The molecule has 1 aromatic rings. The minimum Gasteiger partial charge on any atom is -0.493 e. The fraction of sp³-hybridized carbons (Fsp3) is 0.611.